The van der Waals surface area contributed by atoms with E-state index in [0.717, 1.165) is 5.69 Å². The van der Waals surface area contributed by atoms with E-state index < -0.39 is 16.0 Å². The minimum absolute atomic E-state index is 0.0560. The summed E-state index contributed by atoms with van der Waals surface area (Å²) in [6.45, 7) is 1.38. The van der Waals surface area contributed by atoms with Crippen molar-refractivity contribution in [3.8, 4) is 17.1 Å². The Labute approximate surface area is 241 Å². The molecule has 1 saturated heterocycles. The van der Waals surface area contributed by atoms with Crippen LogP contribution in [0, 0.1) is 0 Å². The number of benzene rings is 3. The number of hydrogen-bond donors (Lipinski definition) is 1. The second-order valence-electron chi connectivity index (χ2n) is 8.92. The van der Waals surface area contributed by atoms with Crippen LogP contribution in [0.3, 0.4) is 0 Å². The zero-order valence-corrected chi connectivity index (χ0v) is 23.7. The lowest BCUT2D eigenvalue weighted by atomic mass is 10.2. The highest BCUT2D eigenvalue weighted by Crippen LogP contribution is 2.29. The van der Waals surface area contributed by atoms with Crippen LogP contribution in [-0.2, 0) is 24.3 Å². The molecule has 3 aromatic carbocycles. The molecule has 0 radical (unpaired) electrons. The summed E-state index contributed by atoms with van der Waals surface area (Å²) in [5.41, 5.74) is 2.39. The number of amides is 1. The first kappa shape index (κ1) is 28.5. The summed E-state index contributed by atoms with van der Waals surface area (Å²) in [5, 5.41) is 12.0. The van der Waals surface area contributed by atoms with Crippen molar-refractivity contribution in [3.05, 3.63) is 84.4 Å². The van der Waals surface area contributed by atoms with Gasteiger partial charge in [-0.25, -0.2) is 13.2 Å². The van der Waals surface area contributed by atoms with Gasteiger partial charge in [-0.15, -0.1) is 10.2 Å². The first-order valence-electron chi connectivity index (χ1n) is 12.7. The predicted molar refractivity (Wildman–Crippen MR) is 154 cm³/mol. The Balaban J connectivity index is 1.34. The fraction of sp³-hybridized carbons (Fsp3) is 0.214. The fourth-order valence-electron chi connectivity index (χ4n) is 4.21. The van der Waals surface area contributed by atoms with Gasteiger partial charge in [0.25, 0.3) is 0 Å². The summed E-state index contributed by atoms with van der Waals surface area (Å²) >= 11 is 1.21. The standard InChI is InChI=1S/C28H27N5O6S2/c1-38-27(35)21-7-11-22(12-8-21)29-25(34)19-40-28-31-30-26(33(28)23-5-3-2-4-6-23)20-9-13-24(14-10-20)41(36,37)32-15-17-39-18-16-32/h2-14H,15-19H2,1H3,(H,29,34). The van der Waals surface area contributed by atoms with Crippen LogP contribution in [0.2, 0.25) is 0 Å². The molecule has 2 heterocycles. The lowest BCUT2D eigenvalue weighted by molar-refractivity contribution is -0.113. The molecular formula is C28H27N5O6S2. The lowest BCUT2D eigenvalue weighted by Gasteiger charge is -2.26. The molecule has 1 aromatic heterocycles. The van der Waals surface area contributed by atoms with Crippen molar-refractivity contribution in [3.63, 3.8) is 0 Å². The monoisotopic (exact) mass is 593 g/mol. The summed E-state index contributed by atoms with van der Waals surface area (Å²) < 4.78 is 39.3. The van der Waals surface area contributed by atoms with E-state index in [1.165, 1.54) is 23.2 Å². The van der Waals surface area contributed by atoms with Gasteiger partial charge in [0, 0.05) is 30.0 Å². The number of sulfonamides is 1. The molecular weight excluding hydrogens is 566 g/mol. The molecule has 0 bridgehead atoms. The molecule has 1 amide bonds. The first-order chi connectivity index (χ1) is 19.9. The molecule has 41 heavy (non-hydrogen) atoms. The summed E-state index contributed by atoms with van der Waals surface area (Å²) in [4.78, 5) is 24.5. The number of methoxy groups -OCH3 is 1. The normalized spacial score (nSPS) is 14.0. The number of nitrogens with zero attached hydrogens (tertiary/aromatic N) is 4. The third-order valence-electron chi connectivity index (χ3n) is 6.29. The van der Waals surface area contributed by atoms with E-state index in [-0.39, 0.29) is 16.6 Å². The van der Waals surface area contributed by atoms with Crippen molar-refractivity contribution in [2.45, 2.75) is 10.1 Å². The number of rotatable bonds is 9. The maximum Gasteiger partial charge on any atom is 0.337 e. The van der Waals surface area contributed by atoms with Gasteiger partial charge in [-0.05, 0) is 60.7 Å². The largest absolute Gasteiger partial charge is 0.465 e. The number of esters is 1. The summed E-state index contributed by atoms with van der Waals surface area (Å²) in [6.07, 6.45) is 0. The molecule has 0 saturated carbocycles. The van der Waals surface area contributed by atoms with E-state index in [1.807, 2.05) is 34.9 Å². The Kier molecular flexibility index (Phi) is 8.78. The van der Waals surface area contributed by atoms with Crippen molar-refractivity contribution in [2.75, 3.05) is 44.5 Å². The van der Waals surface area contributed by atoms with E-state index in [9.17, 15) is 18.0 Å². The van der Waals surface area contributed by atoms with E-state index in [2.05, 4.69) is 15.5 Å². The predicted octanol–water partition coefficient (Wildman–Crippen LogP) is 3.47. The molecule has 1 aliphatic heterocycles. The smallest absolute Gasteiger partial charge is 0.337 e. The second-order valence-corrected chi connectivity index (χ2v) is 11.8. The average molecular weight is 594 g/mol. The number of ether oxygens (including phenoxy) is 2. The Morgan fingerprint density at radius 1 is 0.951 bits per heavy atom. The molecule has 212 valence electrons. The molecule has 0 spiro atoms. The van der Waals surface area contributed by atoms with Gasteiger partial charge in [-0.2, -0.15) is 4.31 Å². The fourth-order valence-corrected chi connectivity index (χ4v) is 6.37. The van der Waals surface area contributed by atoms with Crippen molar-refractivity contribution in [1.29, 1.82) is 0 Å². The van der Waals surface area contributed by atoms with Crippen molar-refractivity contribution >= 4 is 39.3 Å². The number of carbonyl (C=O) groups is 2. The molecule has 13 heteroatoms. The minimum atomic E-state index is -3.63. The van der Waals surface area contributed by atoms with Gasteiger partial charge in [0.15, 0.2) is 11.0 Å². The zero-order valence-electron chi connectivity index (χ0n) is 22.1. The van der Waals surface area contributed by atoms with Gasteiger partial charge in [-0.3, -0.25) is 9.36 Å². The van der Waals surface area contributed by atoms with E-state index in [4.69, 9.17) is 9.47 Å². The van der Waals surface area contributed by atoms with E-state index >= 15 is 0 Å². The first-order valence-corrected chi connectivity index (χ1v) is 15.1. The van der Waals surface area contributed by atoms with Gasteiger partial charge in [-0.1, -0.05) is 30.0 Å². The van der Waals surface area contributed by atoms with Crippen LogP contribution < -0.4 is 5.32 Å². The Morgan fingerprint density at radius 3 is 2.29 bits per heavy atom. The Morgan fingerprint density at radius 2 is 1.63 bits per heavy atom. The summed E-state index contributed by atoms with van der Waals surface area (Å²) in [7, 11) is -2.32. The van der Waals surface area contributed by atoms with Gasteiger partial charge in [0.05, 0.1) is 36.5 Å². The van der Waals surface area contributed by atoms with Crippen molar-refractivity contribution < 1.29 is 27.5 Å². The number of aromatic nitrogens is 3. The molecule has 0 atom stereocenters. The van der Waals surface area contributed by atoms with Crippen molar-refractivity contribution in [1.82, 2.24) is 19.1 Å². The molecule has 1 fully saturated rings. The summed E-state index contributed by atoms with van der Waals surface area (Å²) in [6, 6.07) is 22.4. The number of anilines is 1. The maximum absolute atomic E-state index is 13.0. The van der Waals surface area contributed by atoms with Crippen molar-refractivity contribution in [2.24, 2.45) is 0 Å². The average Bonchev–Trinajstić information content (AvgIpc) is 3.45. The van der Waals surface area contributed by atoms with Gasteiger partial charge < -0.3 is 14.8 Å². The molecule has 11 nitrogen and oxygen atoms in total. The SMILES string of the molecule is COC(=O)c1ccc(NC(=O)CSc2nnc(-c3ccc(S(=O)(=O)N4CCOCC4)cc3)n2-c2ccccc2)cc1. The Bertz CT molecular complexity index is 1620. The van der Waals surface area contributed by atoms with Crippen LogP contribution in [0.5, 0.6) is 0 Å². The highest BCUT2D eigenvalue weighted by molar-refractivity contribution is 7.99. The zero-order chi connectivity index (χ0) is 28.8. The van der Waals surface area contributed by atoms with Gasteiger partial charge in [0.1, 0.15) is 0 Å². The highest BCUT2D eigenvalue weighted by atomic mass is 32.2. The molecule has 4 aromatic rings. The quantitative estimate of drug-likeness (QED) is 0.229. The minimum Gasteiger partial charge on any atom is -0.465 e. The number of thioether (sulfide) groups is 1. The lowest BCUT2D eigenvalue weighted by Crippen LogP contribution is -2.40. The van der Waals surface area contributed by atoms with Crippen LogP contribution >= 0.6 is 11.8 Å². The summed E-state index contributed by atoms with van der Waals surface area (Å²) in [5.74, 6) is -0.154. The Hall–Kier alpha value is -4.04. The molecule has 5 rings (SSSR count). The van der Waals surface area contributed by atoms with Crippen LogP contribution in [0.15, 0.2) is 88.9 Å². The molecule has 1 aliphatic rings. The maximum atomic E-state index is 13.0. The van der Waals surface area contributed by atoms with Crippen LogP contribution in [-0.4, -0.2) is 78.5 Å². The number of para-hydroxylation sites is 1. The van der Waals surface area contributed by atoms with Gasteiger partial charge >= 0.3 is 5.97 Å². The highest BCUT2D eigenvalue weighted by Gasteiger charge is 2.26. The number of hydrogen-bond acceptors (Lipinski definition) is 9. The van der Waals surface area contributed by atoms with E-state index in [1.54, 1.807) is 48.5 Å². The molecule has 1 N–H and O–H groups in total. The molecule has 0 unspecified atom stereocenters. The number of nitrogens with one attached hydrogen (secondary N) is 1. The second kappa shape index (κ2) is 12.6. The molecule has 0 aliphatic carbocycles. The van der Waals surface area contributed by atoms with Crippen LogP contribution in [0.4, 0.5) is 5.69 Å². The topological polar surface area (TPSA) is 133 Å². The number of morpholine rings is 1. The van der Waals surface area contributed by atoms with E-state index in [0.29, 0.717) is 54.1 Å². The van der Waals surface area contributed by atoms with Crippen LogP contribution in [0.25, 0.3) is 17.1 Å². The third-order valence-corrected chi connectivity index (χ3v) is 9.13. The third kappa shape index (κ3) is 6.49. The van der Waals surface area contributed by atoms with Gasteiger partial charge in [0.2, 0.25) is 15.9 Å². The number of carbonyl (C=O) groups excluding carboxylic acids is 2. The van der Waals surface area contributed by atoms with Crippen LogP contribution in [0.1, 0.15) is 10.4 Å².